The smallest absolute Gasteiger partial charge is 0.439 e. The van der Waals surface area contributed by atoms with Gasteiger partial charge in [0.05, 0.1) is 5.02 Å². The third kappa shape index (κ3) is 6.98. The second-order valence-electron chi connectivity index (χ2n) is 7.86. The Bertz CT molecular complexity index is 1300. The Balaban J connectivity index is 1.37. The third-order valence-electron chi connectivity index (χ3n) is 4.92. The van der Waals surface area contributed by atoms with Crippen LogP contribution < -0.4 is 25.4 Å². The fourth-order valence-corrected chi connectivity index (χ4v) is 3.22. The summed E-state index contributed by atoms with van der Waals surface area (Å²) in [7, 11) is 0. The average molecular weight is 522 g/mol. The predicted octanol–water partition coefficient (Wildman–Crippen LogP) is 6.12. The quantitative estimate of drug-likeness (QED) is 0.345. The van der Waals surface area contributed by atoms with Crippen molar-refractivity contribution in [3.8, 4) is 17.4 Å². The Labute approximate surface area is 208 Å². The highest BCUT2D eigenvalue weighted by atomic mass is 35.5. The maximum Gasteiger partial charge on any atom is 0.573 e. The van der Waals surface area contributed by atoms with Crippen LogP contribution in [-0.2, 0) is 4.79 Å². The molecule has 1 saturated carbocycles. The molecule has 3 aromatic rings. The van der Waals surface area contributed by atoms with Crippen molar-refractivity contribution in [3.05, 3.63) is 59.4 Å². The van der Waals surface area contributed by atoms with Crippen LogP contribution >= 0.6 is 11.6 Å². The van der Waals surface area contributed by atoms with E-state index in [1.807, 2.05) is 0 Å². The second kappa shape index (κ2) is 10.3. The molecular weight excluding hydrogens is 503 g/mol. The first-order chi connectivity index (χ1) is 17.1. The molecule has 1 heterocycles. The van der Waals surface area contributed by atoms with Gasteiger partial charge in [0.1, 0.15) is 23.6 Å². The van der Waals surface area contributed by atoms with Crippen molar-refractivity contribution in [2.75, 3.05) is 16.0 Å². The lowest BCUT2D eigenvalue weighted by Crippen LogP contribution is -2.20. The number of amides is 3. The van der Waals surface area contributed by atoms with E-state index in [-0.39, 0.29) is 28.4 Å². The van der Waals surface area contributed by atoms with Gasteiger partial charge in [0.25, 0.3) is 0 Å². The molecule has 0 radical (unpaired) electrons. The van der Waals surface area contributed by atoms with Crippen LogP contribution in [0.2, 0.25) is 5.02 Å². The van der Waals surface area contributed by atoms with Gasteiger partial charge in [-0.25, -0.2) is 14.8 Å². The van der Waals surface area contributed by atoms with E-state index >= 15 is 0 Å². The number of urea groups is 1. The standard InChI is InChI=1S/C23H19ClF3N5O4/c1-12-8-15(35-20-10-19(28-11-29-20)32-21(33)13-2-3-13)5-7-17(12)31-22(34)30-14-4-6-16(24)18(9-14)36-23(25,26)27/h4-11,13H,2-3H2,1H3,(H2,30,31,34)(H,28,29,32,33). The maximum atomic E-state index is 12.5. The summed E-state index contributed by atoms with van der Waals surface area (Å²) < 4.78 is 47.1. The van der Waals surface area contributed by atoms with E-state index in [4.69, 9.17) is 16.3 Å². The lowest BCUT2D eigenvalue weighted by molar-refractivity contribution is -0.274. The van der Waals surface area contributed by atoms with Crippen LogP contribution in [0.25, 0.3) is 0 Å². The number of carbonyl (C=O) groups excluding carboxylic acids is 2. The summed E-state index contributed by atoms with van der Waals surface area (Å²) in [4.78, 5) is 32.3. The zero-order chi connectivity index (χ0) is 25.9. The molecule has 0 bridgehead atoms. The SMILES string of the molecule is Cc1cc(Oc2cc(NC(=O)C3CC3)ncn2)ccc1NC(=O)Nc1ccc(Cl)c(OC(F)(F)F)c1. The van der Waals surface area contributed by atoms with Crippen molar-refractivity contribution in [2.24, 2.45) is 5.92 Å². The summed E-state index contributed by atoms with van der Waals surface area (Å²) in [6.45, 7) is 1.72. The number of aromatic nitrogens is 2. The lowest BCUT2D eigenvalue weighted by Gasteiger charge is -2.14. The fraction of sp³-hybridized carbons (Fsp3) is 0.217. The average Bonchev–Trinajstić information content (AvgIpc) is 3.63. The molecule has 1 aromatic heterocycles. The molecule has 36 heavy (non-hydrogen) atoms. The first-order valence-electron chi connectivity index (χ1n) is 10.6. The minimum atomic E-state index is -4.93. The highest BCUT2D eigenvalue weighted by molar-refractivity contribution is 6.32. The zero-order valence-corrected chi connectivity index (χ0v) is 19.4. The molecule has 188 valence electrons. The van der Waals surface area contributed by atoms with Crippen molar-refractivity contribution in [2.45, 2.75) is 26.1 Å². The van der Waals surface area contributed by atoms with Gasteiger partial charge in [0.15, 0.2) is 0 Å². The topological polar surface area (TPSA) is 114 Å². The number of rotatable bonds is 7. The van der Waals surface area contributed by atoms with Gasteiger partial charge in [0.2, 0.25) is 11.8 Å². The predicted molar refractivity (Wildman–Crippen MR) is 125 cm³/mol. The number of nitrogens with zero attached hydrogens (tertiary/aromatic N) is 2. The molecule has 2 aromatic carbocycles. The number of carbonyl (C=O) groups is 2. The van der Waals surface area contributed by atoms with E-state index in [0.717, 1.165) is 18.9 Å². The first-order valence-corrected chi connectivity index (χ1v) is 11.0. The van der Waals surface area contributed by atoms with Crippen molar-refractivity contribution in [1.82, 2.24) is 9.97 Å². The van der Waals surface area contributed by atoms with Crippen molar-refractivity contribution in [3.63, 3.8) is 0 Å². The normalized spacial score (nSPS) is 13.0. The molecule has 0 saturated heterocycles. The van der Waals surface area contributed by atoms with E-state index < -0.39 is 18.1 Å². The number of nitrogens with one attached hydrogen (secondary N) is 3. The van der Waals surface area contributed by atoms with Gasteiger partial charge < -0.3 is 25.4 Å². The van der Waals surface area contributed by atoms with Crippen molar-refractivity contribution >= 4 is 40.7 Å². The second-order valence-corrected chi connectivity index (χ2v) is 8.26. The largest absolute Gasteiger partial charge is 0.573 e. The molecule has 13 heteroatoms. The van der Waals surface area contributed by atoms with Crippen LogP contribution in [0.1, 0.15) is 18.4 Å². The van der Waals surface area contributed by atoms with Crippen LogP contribution in [0.15, 0.2) is 48.8 Å². The first kappa shape index (κ1) is 25.0. The number of benzene rings is 2. The molecule has 1 fully saturated rings. The third-order valence-corrected chi connectivity index (χ3v) is 5.24. The fourth-order valence-electron chi connectivity index (χ4n) is 3.07. The molecular formula is C23H19ClF3N5O4. The van der Waals surface area contributed by atoms with Crippen molar-refractivity contribution in [1.29, 1.82) is 0 Å². The van der Waals surface area contributed by atoms with E-state index in [0.29, 0.717) is 22.8 Å². The molecule has 0 aliphatic heterocycles. The Kier molecular flexibility index (Phi) is 7.15. The summed E-state index contributed by atoms with van der Waals surface area (Å²) >= 11 is 5.72. The summed E-state index contributed by atoms with van der Waals surface area (Å²) in [6.07, 6.45) is -1.92. The van der Waals surface area contributed by atoms with E-state index in [1.165, 1.54) is 24.5 Å². The lowest BCUT2D eigenvalue weighted by atomic mass is 10.2. The van der Waals surface area contributed by atoms with Crippen molar-refractivity contribution < 1.29 is 32.2 Å². The Morgan fingerprint density at radius 3 is 2.50 bits per heavy atom. The monoisotopic (exact) mass is 521 g/mol. The van der Waals surface area contributed by atoms with Crippen LogP contribution in [0.5, 0.6) is 17.4 Å². The van der Waals surface area contributed by atoms with Gasteiger partial charge in [0, 0.05) is 29.4 Å². The van der Waals surface area contributed by atoms with Crippen LogP contribution in [0.4, 0.5) is 35.2 Å². The number of ether oxygens (including phenoxy) is 2. The molecule has 3 N–H and O–H groups in total. The van der Waals surface area contributed by atoms with E-state index in [9.17, 15) is 22.8 Å². The summed E-state index contributed by atoms with van der Waals surface area (Å²) in [5.41, 5.74) is 1.11. The van der Waals surface area contributed by atoms with Gasteiger partial charge >= 0.3 is 12.4 Å². The summed E-state index contributed by atoms with van der Waals surface area (Å²) in [5.74, 6) is 0.261. The van der Waals surface area contributed by atoms with Crippen LogP contribution in [0.3, 0.4) is 0 Å². The number of aryl methyl sites for hydroxylation is 1. The molecule has 0 spiro atoms. The Hall–Kier alpha value is -4.06. The van der Waals surface area contributed by atoms with Gasteiger partial charge in [-0.3, -0.25) is 4.79 Å². The highest BCUT2D eigenvalue weighted by Crippen LogP contribution is 2.33. The van der Waals surface area contributed by atoms with Crippen LogP contribution in [0, 0.1) is 12.8 Å². The Morgan fingerprint density at radius 1 is 1.03 bits per heavy atom. The molecule has 0 unspecified atom stereocenters. The van der Waals surface area contributed by atoms with Gasteiger partial charge in [-0.15, -0.1) is 13.2 Å². The van der Waals surface area contributed by atoms with E-state index in [1.54, 1.807) is 25.1 Å². The molecule has 1 aliphatic rings. The molecule has 4 rings (SSSR count). The minimum Gasteiger partial charge on any atom is -0.439 e. The van der Waals surface area contributed by atoms with E-state index in [2.05, 4.69) is 30.7 Å². The summed E-state index contributed by atoms with van der Waals surface area (Å²) in [5, 5.41) is 7.48. The molecule has 0 atom stereocenters. The molecule has 3 amide bonds. The highest BCUT2D eigenvalue weighted by Gasteiger charge is 2.32. The zero-order valence-electron chi connectivity index (χ0n) is 18.6. The Morgan fingerprint density at radius 2 is 1.81 bits per heavy atom. The summed E-state index contributed by atoms with van der Waals surface area (Å²) in [6, 6.07) is 9.09. The minimum absolute atomic E-state index is 0.0270. The molecule has 9 nitrogen and oxygen atoms in total. The number of alkyl halides is 3. The van der Waals surface area contributed by atoms with Gasteiger partial charge in [-0.05, 0) is 55.7 Å². The molecule has 1 aliphatic carbocycles. The number of halogens is 4. The number of hydrogen-bond donors (Lipinski definition) is 3. The number of hydrogen-bond acceptors (Lipinski definition) is 6. The maximum absolute atomic E-state index is 12.5. The van der Waals surface area contributed by atoms with Gasteiger partial charge in [-0.1, -0.05) is 11.6 Å². The van der Waals surface area contributed by atoms with Crippen LogP contribution in [-0.4, -0.2) is 28.3 Å². The van der Waals surface area contributed by atoms with Gasteiger partial charge in [-0.2, -0.15) is 0 Å². The number of anilines is 3.